The highest BCUT2D eigenvalue weighted by Gasteiger charge is 2.23. The first kappa shape index (κ1) is 21.6. The fraction of sp³-hybridized carbons (Fsp3) is 0.435. The summed E-state index contributed by atoms with van der Waals surface area (Å²) in [7, 11) is 6.66. The Kier molecular flexibility index (Phi) is 7.65. The molecule has 7 nitrogen and oxygen atoms in total. The van der Waals surface area contributed by atoms with Crippen LogP contribution in [0, 0.1) is 0 Å². The van der Waals surface area contributed by atoms with Crippen LogP contribution in [-0.4, -0.2) is 58.4 Å². The first-order valence-corrected chi connectivity index (χ1v) is 10.1. The van der Waals surface area contributed by atoms with Gasteiger partial charge in [0.05, 0.1) is 21.3 Å². The van der Waals surface area contributed by atoms with Crippen molar-refractivity contribution >= 4 is 5.96 Å². The van der Waals surface area contributed by atoms with Gasteiger partial charge in [-0.15, -0.1) is 0 Å². The van der Waals surface area contributed by atoms with Crippen molar-refractivity contribution < 1.29 is 18.9 Å². The highest BCUT2D eigenvalue weighted by atomic mass is 16.5. The smallest absolute Gasteiger partial charge is 0.203 e. The van der Waals surface area contributed by atoms with Gasteiger partial charge in [-0.3, -0.25) is 4.99 Å². The maximum atomic E-state index is 6.09. The zero-order valence-corrected chi connectivity index (χ0v) is 18.2. The average Bonchev–Trinajstić information content (AvgIpc) is 2.80. The van der Waals surface area contributed by atoms with Gasteiger partial charge in [-0.25, -0.2) is 0 Å². The number of ether oxygens (including phenoxy) is 4. The lowest BCUT2D eigenvalue weighted by Crippen LogP contribution is -2.47. The molecule has 0 unspecified atom stereocenters. The SMILES string of the molecule is CN=C(NCc1ccc(OC)c(OC)c1OC)N1CCC(Oc2ccccc2)CC1. The van der Waals surface area contributed by atoms with E-state index < -0.39 is 0 Å². The third-order valence-corrected chi connectivity index (χ3v) is 5.22. The van der Waals surface area contributed by atoms with E-state index in [0.717, 1.165) is 43.2 Å². The number of nitrogens with one attached hydrogen (secondary N) is 1. The Bertz CT molecular complexity index is 834. The third kappa shape index (κ3) is 5.09. The minimum Gasteiger partial charge on any atom is -0.493 e. The van der Waals surface area contributed by atoms with Crippen molar-refractivity contribution in [3.05, 3.63) is 48.0 Å². The Morgan fingerprint density at radius 1 is 0.967 bits per heavy atom. The first-order chi connectivity index (χ1) is 14.7. The average molecular weight is 414 g/mol. The van der Waals surface area contributed by atoms with Crippen LogP contribution in [0.2, 0.25) is 0 Å². The van der Waals surface area contributed by atoms with Crippen LogP contribution in [0.15, 0.2) is 47.5 Å². The van der Waals surface area contributed by atoms with Gasteiger partial charge in [0.25, 0.3) is 0 Å². The second-order valence-electron chi connectivity index (χ2n) is 7.01. The largest absolute Gasteiger partial charge is 0.493 e. The molecule has 0 amide bonds. The molecule has 0 saturated carbocycles. The number of hydrogen-bond acceptors (Lipinski definition) is 5. The highest BCUT2D eigenvalue weighted by molar-refractivity contribution is 5.80. The van der Waals surface area contributed by atoms with E-state index in [1.54, 1.807) is 28.4 Å². The summed E-state index contributed by atoms with van der Waals surface area (Å²) >= 11 is 0. The standard InChI is InChI=1S/C23H31N3O4/c1-24-23(25-16-17-10-11-20(27-2)22(29-4)21(17)28-3)26-14-12-19(13-15-26)30-18-8-6-5-7-9-18/h5-11,19H,12-16H2,1-4H3,(H,24,25). The Balaban J connectivity index is 1.58. The number of guanidine groups is 1. The van der Waals surface area contributed by atoms with Gasteiger partial charge in [0.15, 0.2) is 17.5 Å². The van der Waals surface area contributed by atoms with E-state index in [1.807, 2.05) is 42.5 Å². The topological polar surface area (TPSA) is 64.6 Å². The zero-order chi connectivity index (χ0) is 21.3. The van der Waals surface area contributed by atoms with E-state index >= 15 is 0 Å². The summed E-state index contributed by atoms with van der Waals surface area (Å²) in [6.07, 6.45) is 2.14. The second kappa shape index (κ2) is 10.6. The summed E-state index contributed by atoms with van der Waals surface area (Å²) in [4.78, 5) is 6.72. The van der Waals surface area contributed by atoms with E-state index in [2.05, 4.69) is 15.2 Å². The van der Waals surface area contributed by atoms with E-state index in [-0.39, 0.29) is 6.10 Å². The third-order valence-electron chi connectivity index (χ3n) is 5.22. The van der Waals surface area contributed by atoms with Crippen molar-refractivity contribution in [3.63, 3.8) is 0 Å². The molecule has 7 heteroatoms. The lowest BCUT2D eigenvalue weighted by Gasteiger charge is -2.34. The molecule has 3 rings (SSSR count). The van der Waals surface area contributed by atoms with Crippen LogP contribution in [0.3, 0.4) is 0 Å². The summed E-state index contributed by atoms with van der Waals surface area (Å²) in [5.74, 6) is 3.69. The normalized spacial score (nSPS) is 14.9. The minimum atomic E-state index is 0.229. The van der Waals surface area contributed by atoms with Crippen LogP contribution in [-0.2, 0) is 6.54 Å². The number of benzene rings is 2. The van der Waals surface area contributed by atoms with Gasteiger partial charge in [-0.2, -0.15) is 0 Å². The molecule has 1 fully saturated rings. The predicted octanol–water partition coefficient (Wildman–Crippen LogP) is 3.33. The number of piperidine rings is 1. The van der Waals surface area contributed by atoms with Gasteiger partial charge >= 0.3 is 0 Å². The molecule has 1 saturated heterocycles. The molecule has 30 heavy (non-hydrogen) atoms. The molecule has 0 atom stereocenters. The van der Waals surface area contributed by atoms with Crippen LogP contribution in [0.5, 0.6) is 23.0 Å². The number of rotatable bonds is 7. The maximum Gasteiger partial charge on any atom is 0.203 e. The Morgan fingerprint density at radius 3 is 2.27 bits per heavy atom. The first-order valence-electron chi connectivity index (χ1n) is 10.1. The van der Waals surface area contributed by atoms with Crippen LogP contribution in [0.25, 0.3) is 0 Å². The predicted molar refractivity (Wildman–Crippen MR) is 118 cm³/mol. The van der Waals surface area contributed by atoms with Crippen LogP contribution in [0.4, 0.5) is 0 Å². The van der Waals surface area contributed by atoms with E-state index in [9.17, 15) is 0 Å². The second-order valence-corrected chi connectivity index (χ2v) is 7.01. The molecule has 0 spiro atoms. The van der Waals surface area contributed by atoms with Crippen molar-refractivity contribution in [2.45, 2.75) is 25.5 Å². The van der Waals surface area contributed by atoms with Crippen molar-refractivity contribution in [3.8, 4) is 23.0 Å². The van der Waals surface area contributed by atoms with Gasteiger partial charge in [0.1, 0.15) is 11.9 Å². The number of likely N-dealkylation sites (tertiary alicyclic amines) is 1. The van der Waals surface area contributed by atoms with Crippen LogP contribution in [0.1, 0.15) is 18.4 Å². The molecule has 1 N–H and O–H groups in total. The van der Waals surface area contributed by atoms with E-state index in [0.29, 0.717) is 23.8 Å². The number of methoxy groups -OCH3 is 3. The van der Waals surface area contributed by atoms with Gasteiger partial charge in [-0.1, -0.05) is 18.2 Å². The number of aliphatic imine (C=N–C) groups is 1. The summed E-state index contributed by atoms with van der Waals surface area (Å²) < 4.78 is 22.5. The zero-order valence-electron chi connectivity index (χ0n) is 18.2. The number of nitrogens with zero attached hydrogens (tertiary/aromatic N) is 2. The lowest BCUT2D eigenvalue weighted by atomic mass is 10.1. The Morgan fingerprint density at radius 2 is 1.67 bits per heavy atom. The molecule has 2 aromatic carbocycles. The molecule has 2 aromatic rings. The van der Waals surface area contributed by atoms with Gasteiger partial charge in [-0.05, 0) is 24.3 Å². The van der Waals surface area contributed by atoms with Gasteiger partial charge < -0.3 is 29.2 Å². The molecule has 0 radical (unpaired) electrons. The molecule has 1 aliphatic heterocycles. The summed E-state index contributed by atoms with van der Waals surface area (Å²) in [5, 5.41) is 3.44. The number of para-hydroxylation sites is 1. The molecule has 162 valence electrons. The van der Waals surface area contributed by atoms with Gasteiger partial charge in [0.2, 0.25) is 5.75 Å². The molecular weight excluding hydrogens is 382 g/mol. The van der Waals surface area contributed by atoms with Crippen LogP contribution >= 0.6 is 0 Å². The Hall–Kier alpha value is -3.09. The van der Waals surface area contributed by atoms with Crippen molar-refractivity contribution in [1.82, 2.24) is 10.2 Å². The highest BCUT2D eigenvalue weighted by Crippen LogP contribution is 2.39. The van der Waals surface area contributed by atoms with Crippen molar-refractivity contribution in [2.75, 3.05) is 41.5 Å². The Labute approximate surface area is 178 Å². The molecular formula is C23H31N3O4. The summed E-state index contributed by atoms with van der Waals surface area (Å²) in [6, 6.07) is 13.9. The minimum absolute atomic E-state index is 0.229. The van der Waals surface area contributed by atoms with Gasteiger partial charge in [0, 0.05) is 45.1 Å². The fourth-order valence-electron chi connectivity index (χ4n) is 3.69. The van der Waals surface area contributed by atoms with E-state index in [1.165, 1.54) is 0 Å². The summed E-state index contributed by atoms with van der Waals surface area (Å²) in [5.41, 5.74) is 0.971. The summed E-state index contributed by atoms with van der Waals surface area (Å²) in [6.45, 7) is 2.34. The monoisotopic (exact) mass is 413 g/mol. The molecule has 0 aromatic heterocycles. The van der Waals surface area contributed by atoms with Crippen molar-refractivity contribution in [2.24, 2.45) is 4.99 Å². The molecule has 1 heterocycles. The maximum absolute atomic E-state index is 6.09. The van der Waals surface area contributed by atoms with Crippen LogP contribution < -0.4 is 24.3 Å². The molecule has 0 aliphatic carbocycles. The molecule has 0 bridgehead atoms. The fourth-order valence-corrected chi connectivity index (χ4v) is 3.69. The molecule has 1 aliphatic rings. The number of hydrogen-bond donors (Lipinski definition) is 1. The lowest BCUT2D eigenvalue weighted by molar-refractivity contribution is 0.129. The van der Waals surface area contributed by atoms with Crippen molar-refractivity contribution in [1.29, 1.82) is 0 Å². The quantitative estimate of drug-likeness (QED) is 0.555. The van der Waals surface area contributed by atoms with E-state index in [4.69, 9.17) is 18.9 Å².